The summed E-state index contributed by atoms with van der Waals surface area (Å²) in [5, 5.41) is 0. The van der Waals surface area contributed by atoms with Crippen molar-refractivity contribution in [2.24, 2.45) is 0 Å². The van der Waals surface area contributed by atoms with Crippen LogP contribution in [-0.4, -0.2) is 0 Å². The molecule has 2 heteroatoms. The van der Waals surface area contributed by atoms with Gasteiger partial charge in [-0.1, -0.05) is 71.4 Å². The summed E-state index contributed by atoms with van der Waals surface area (Å²) in [7, 11) is 0. The molecule has 3 aromatic rings. The molecule has 0 radical (unpaired) electrons. The molecule has 0 bridgehead atoms. The highest BCUT2D eigenvalue weighted by Gasteiger charge is 2.01. The van der Waals surface area contributed by atoms with Gasteiger partial charge in [-0.05, 0) is 59.5 Å². The molecule has 0 amide bonds. The molecule has 0 saturated heterocycles. The Labute approximate surface area is 156 Å². The highest BCUT2D eigenvalue weighted by atomic mass is 79.9. The largest absolute Gasteiger partial charge is 0.206 e. The van der Waals surface area contributed by atoms with Crippen molar-refractivity contribution < 1.29 is 4.39 Å². The number of benzene rings is 3. The average Bonchev–Trinajstić information content (AvgIpc) is 2.62. The molecule has 0 saturated carbocycles. The Bertz CT molecular complexity index is 913. The third-order valence-corrected chi connectivity index (χ3v) is 4.50. The molecule has 124 valence electrons. The summed E-state index contributed by atoms with van der Waals surface area (Å²) in [6.45, 7) is 2.09. The van der Waals surface area contributed by atoms with Crippen molar-refractivity contribution in [3.63, 3.8) is 0 Å². The molecule has 0 N–H and O–H groups in total. The van der Waals surface area contributed by atoms with Crippen molar-refractivity contribution in [1.82, 2.24) is 0 Å². The monoisotopic (exact) mass is 392 g/mol. The SMILES string of the molecule is CCCc1ccc(C#Cc2ccc(-c3ccc(Br)cc3)cc2)c(F)c1. The molecule has 0 heterocycles. The zero-order chi connectivity index (χ0) is 17.6. The van der Waals surface area contributed by atoms with E-state index in [-0.39, 0.29) is 5.82 Å². The van der Waals surface area contributed by atoms with Crippen LogP contribution < -0.4 is 0 Å². The lowest BCUT2D eigenvalue weighted by Crippen LogP contribution is -1.89. The van der Waals surface area contributed by atoms with E-state index < -0.39 is 0 Å². The highest BCUT2D eigenvalue weighted by molar-refractivity contribution is 9.10. The summed E-state index contributed by atoms with van der Waals surface area (Å²) in [5.41, 5.74) is 4.62. The van der Waals surface area contributed by atoms with E-state index >= 15 is 0 Å². The maximum Gasteiger partial charge on any atom is 0.139 e. The van der Waals surface area contributed by atoms with Crippen LogP contribution in [-0.2, 0) is 6.42 Å². The normalized spacial score (nSPS) is 10.2. The Morgan fingerprint density at radius 3 is 2.08 bits per heavy atom. The fraction of sp³-hybridized carbons (Fsp3) is 0.130. The quantitative estimate of drug-likeness (QED) is 0.440. The van der Waals surface area contributed by atoms with Crippen molar-refractivity contribution in [1.29, 1.82) is 0 Å². The van der Waals surface area contributed by atoms with Crippen molar-refractivity contribution in [3.05, 3.63) is 93.7 Å². The minimum atomic E-state index is -0.245. The van der Waals surface area contributed by atoms with E-state index in [1.807, 2.05) is 42.5 Å². The summed E-state index contributed by atoms with van der Waals surface area (Å²) in [6, 6.07) is 21.5. The first-order chi connectivity index (χ1) is 12.2. The third-order valence-electron chi connectivity index (χ3n) is 3.98. The maximum atomic E-state index is 14.1. The Kier molecular flexibility index (Phi) is 5.68. The fourth-order valence-electron chi connectivity index (χ4n) is 2.63. The van der Waals surface area contributed by atoms with Crippen molar-refractivity contribution in [2.45, 2.75) is 19.8 Å². The van der Waals surface area contributed by atoms with Crippen LogP contribution in [0.25, 0.3) is 11.1 Å². The zero-order valence-corrected chi connectivity index (χ0v) is 15.6. The molecule has 0 fully saturated rings. The summed E-state index contributed by atoms with van der Waals surface area (Å²) in [6.07, 6.45) is 1.90. The van der Waals surface area contributed by atoms with Crippen molar-refractivity contribution in [3.8, 4) is 23.0 Å². The lowest BCUT2D eigenvalue weighted by Gasteiger charge is -2.02. The second-order valence-corrected chi connectivity index (χ2v) is 6.81. The van der Waals surface area contributed by atoms with E-state index in [1.165, 1.54) is 0 Å². The molecule has 3 aromatic carbocycles. The van der Waals surface area contributed by atoms with Crippen LogP contribution in [0.5, 0.6) is 0 Å². The molecule has 0 unspecified atom stereocenters. The van der Waals surface area contributed by atoms with Gasteiger partial charge in [-0.25, -0.2) is 4.39 Å². The zero-order valence-electron chi connectivity index (χ0n) is 14.0. The maximum absolute atomic E-state index is 14.1. The summed E-state index contributed by atoms with van der Waals surface area (Å²) in [5.74, 6) is 5.73. The van der Waals surface area contributed by atoms with Gasteiger partial charge < -0.3 is 0 Å². The van der Waals surface area contributed by atoms with Gasteiger partial charge in [0.1, 0.15) is 5.82 Å². The molecule has 0 spiro atoms. The van der Waals surface area contributed by atoms with Gasteiger partial charge in [-0.15, -0.1) is 0 Å². The van der Waals surface area contributed by atoms with E-state index in [2.05, 4.69) is 46.8 Å². The lowest BCUT2D eigenvalue weighted by atomic mass is 10.0. The van der Waals surface area contributed by atoms with Gasteiger partial charge in [-0.3, -0.25) is 0 Å². The highest BCUT2D eigenvalue weighted by Crippen LogP contribution is 2.22. The number of hydrogen-bond donors (Lipinski definition) is 0. The van der Waals surface area contributed by atoms with E-state index in [9.17, 15) is 4.39 Å². The minimum Gasteiger partial charge on any atom is -0.206 e. The van der Waals surface area contributed by atoms with E-state index in [4.69, 9.17) is 0 Å². The Hall–Kier alpha value is -2.37. The molecule has 3 rings (SSSR count). The first-order valence-electron chi connectivity index (χ1n) is 8.32. The van der Waals surface area contributed by atoms with Gasteiger partial charge in [-0.2, -0.15) is 0 Å². The Morgan fingerprint density at radius 1 is 0.840 bits per heavy atom. The van der Waals surface area contributed by atoms with Crippen LogP contribution in [0.1, 0.15) is 30.0 Å². The second kappa shape index (κ2) is 8.14. The number of hydrogen-bond acceptors (Lipinski definition) is 0. The average molecular weight is 393 g/mol. The number of rotatable bonds is 3. The van der Waals surface area contributed by atoms with E-state index in [0.29, 0.717) is 5.56 Å². The molecule has 0 aliphatic carbocycles. The van der Waals surface area contributed by atoms with Crippen LogP contribution in [0.4, 0.5) is 4.39 Å². The number of halogens is 2. The molecule has 25 heavy (non-hydrogen) atoms. The van der Waals surface area contributed by atoms with Crippen molar-refractivity contribution in [2.75, 3.05) is 0 Å². The number of aryl methyl sites for hydroxylation is 1. The van der Waals surface area contributed by atoms with Crippen LogP contribution >= 0.6 is 15.9 Å². The predicted octanol–water partition coefficient (Wildman–Crippen LogP) is 6.61. The van der Waals surface area contributed by atoms with Crippen LogP contribution in [0.2, 0.25) is 0 Å². The Balaban J connectivity index is 1.78. The predicted molar refractivity (Wildman–Crippen MR) is 106 cm³/mol. The molecule has 0 aliphatic heterocycles. The van der Waals surface area contributed by atoms with Crippen LogP contribution in [0, 0.1) is 17.7 Å². The van der Waals surface area contributed by atoms with Gasteiger partial charge in [0.05, 0.1) is 5.56 Å². The van der Waals surface area contributed by atoms with E-state index in [0.717, 1.165) is 39.6 Å². The first-order valence-corrected chi connectivity index (χ1v) is 9.11. The standard InChI is InChI=1S/C23H18BrF/c1-2-3-18-7-11-21(23(25)16-18)10-6-17-4-8-19(9-5-17)20-12-14-22(24)15-13-20/h4-5,7-9,11-16H,2-3H2,1H3. The van der Waals surface area contributed by atoms with Gasteiger partial charge in [0.25, 0.3) is 0 Å². The third kappa shape index (κ3) is 4.59. The topological polar surface area (TPSA) is 0 Å². The molecular weight excluding hydrogens is 375 g/mol. The lowest BCUT2D eigenvalue weighted by molar-refractivity contribution is 0.621. The summed E-state index contributed by atoms with van der Waals surface area (Å²) >= 11 is 3.44. The minimum absolute atomic E-state index is 0.245. The van der Waals surface area contributed by atoms with Crippen LogP contribution in [0.3, 0.4) is 0 Å². The molecule has 0 atom stereocenters. The van der Waals surface area contributed by atoms with Gasteiger partial charge in [0, 0.05) is 10.0 Å². The first kappa shape index (κ1) is 17.5. The Morgan fingerprint density at radius 2 is 1.48 bits per heavy atom. The fourth-order valence-corrected chi connectivity index (χ4v) is 2.90. The van der Waals surface area contributed by atoms with E-state index in [1.54, 1.807) is 12.1 Å². The van der Waals surface area contributed by atoms with Gasteiger partial charge in [0.15, 0.2) is 0 Å². The van der Waals surface area contributed by atoms with Crippen molar-refractivity contribution >= 4 is 15.9 Å². The van der Waals surface area contributed by atoms with Gasteiger partial charge >= 0.3 is 0 Å². The summed E-state index contributed by atoms with van der Waals surface area (Å²) in [4.78, 5) is 0. The molecule has 0 aromatic heterocycles. The second-order valence-electron chi connectivity index (χ2n) is 5.90. The molecule has 0 nitrogen and oxygen atoms in total. The van der Waals surface area contributed by atoms with Crippen LogP contribution in [0.15, 0.2) is 71.2 Å². The van der Waals surface area contributed by atoms with Gasteiger partial charge in [0.2, 0.25) is 0 Å². The molecular formula is C23H18BrF. The summed E-state index contributed by atoms with van der Waals surface area (Å²) < 4.78 is 15.1. The smallest absolute Gasteiger partial charge is 0.139 e. The molecule has 0 aliphatic rings.